The summed E-state index contributed by atoms with van der Waals surface area (Å²) in [7, 11) is -3.78. The highest BCUT2D eigenvalue weighted by Crippen LogP contribution is 2.19. The Hall–Kier alpha value is -1.98. The minimum Gasteiger partial charge on any atom is -0.258 e. The smallest absolute Gasteiger partial charge is 0.258 e. The third kappa shape index (κ3) is 3.80. The molecule has 0 aliphatic rings. The molecule has 0 aromatic heterocycles. The number of nitriles is 1. The predicted molar refractivity (Wildman–Crippen MR) is 63.9 cm³/mol. The van der Waals surface area contributed by atoms with E-state index in [9.17, 15) is 18.5 Å². The molecule has 1 N–H and O–H groups in total. The lowest BCUT2D eigenvalue weighted by Crippen LogP contribution is -2.32. The molecule has 0 radical (unpaired) electrons. The van der Waals surface area contributed by atoms with Gasteiger partial charge in [0.15, 0.2) is 0 Å². The standard InChI is InChI=1S/C10H11N3O4S/c1-8(6-11)12-18(16,17)7-9-4-2-3-5-10(9)13(14)15/h2-5,8,12H,7H2,1H3. The molecule has 0 aliphatic carbocycles. The van der Waals surface area contributed by atoms with E-state index in [-0.39, 0.29) is 11.3 Å². The molecule has 0 bridgehead atoms. The Balaban J connectivity index is 2.99. The molecule has 0 aliphatic heterocycles. The van der Waals surface area contributed by atoms with Gasteiger partial charge in [-0.2, -0.15) is 9.98 Å². The first-order valence-corrected chi connectivity index (χ1v) is 6.63. The molecule has 7 nitrogen and oxygen atoms in total. The first kappa shape index (κ1) is 14.1. The Morgan fingerprint density at radius 1 is 1.50 bits per heavy atom. The van der Waals surface area contributed by atoms with Crippen molar-refractivity contribution in [3.05, 3.63) is 39.9 Å². The van der Waals surface area contributed by atoms with Gasteiger partial charge in [0.2, 0.25) is 10.0 Å². The van der Waals surface area contributed by atoms with Gasteiger partial charge in [-0.05, 0) is 6.92 Å². The molecule has 0 heterocycles. The van der Waals surface area contributed by atoms with Gasteiger partial charge in [-0.25, -0.2) is 8.42 Å². The second-order valence-corrected chi connectivity index (χ2v) is 5.37. The summed E-state index contributed by atoms with van der Waals surface area (Å²) < 4.78 is 25.4. The van der Waals surface area contributed by atoms with Crippen LogP contribution in [0.25, 0.3) is 0 Å². The lowest BCUT2D eigenvalue weighted by Gasteiger charge is -2.08. The maximum Gasteiger partial charge on any atom is 0.273 e. The molecule has 1 aromatic rings. The summed E-state index contributed by atoms with van der Waals surface area (Å²) in [5, 5.41) is 19.2. The fourth-order valence-corrected chi connectivity index (χ4v) is 2.68. The van der Waals surface area contributed by atoms with Crippen molar-refractivity contribution in [1.82, 2.24) is 4.72 Å². The Morgan fingerprint density at radius 2 is 2.11 bits per heavy atom. The van der Waals surface area contributed by atoms with Crippen molar-refractivity contribution in [1.29, 1.82) is 5.26 Å². The number of sulfonamides is 1. The largest absolute Gasteiger partial charge is 0.273 e. The maximum atomic E-state index is 11.7. The van der Waals surface area contributed by atoms with E-state index in [1.807, 2.05) is 0 Å². The van der Waals surface area contributed by atoms with Crippen LogP contribution in [0.15, 0.2) is 24.3 Å². The third-order valence-electron chi connectivity index (χ3n) is 2.08. The number of nitro groups is 1. The molecular weight excluding hydrogens is 258 g/mol. The van der Waals surface area contributed by atoms with Gasteiger partial charge in [0.05, 0.1) is 16.7 Å². The number of rotatable bonds is 5. The SMILES string of the molecule is CC(C#N)NS(=O)(=O)Cc1ccccc1[N+](=O)[O-]. The molecule has 1 atom stereocenters. The van der Waals surface area contributed by atoms with Crippen molar-refractivity contribution >= 4 is 15.7 Å². The van der Waals surface area contributed by atoms with Crippen LogP contribution in [0.4, 0.5) is 5.69 Å². The van der Waals surface area contributed by atoms with Crippen molar-refractivity contribution in [3.8, 4) is 6.07 Å². The van der Waals surface area contributed by atoms with Crippen LogP contribution < -0.4 is 4.72 Å². The molecule has 0 amide bonds. The van der Waals surface area contributed by atoms with E-state index in [0.717, 1.165) is 0 Å². The molecule has 1 aromatic carbocycles. The Labute approximate surface area is 104 Å². The quantitative estimate of drug-likeness (QED) is 0.630. The maximum absolute atomic E-state index is 11.7. The number of nitrogens with one attached hydrogen (secondary N) is 1. The van der Waals surface area contributed by atoms with Crippen LogP contribution in [0.1, 0.15) is 12.5 Å². The zero-order valence-corrected chi connectivity index (χ0v) is 10.3. The number of para-hydroxylation sites is 1. The van der Waals surface area contributed by atoms with Crippen LogP contribution in [-0.4, -0.2) is 19.4 Å². The molecule has 1 rings (SSSR count). The molecule has 0 spiro atoms. The molecule has 1 unspecified atom stereocenters. The monoisotopic (exact) mass is 269 g/mol. The van der Waals surface area contributed by atoms with Gasteiger partial charge in [-0.3, -0.25) is 10.1 Å². The molecule has 8 heteroatoms. The average molecular weight is 269 g/mol. The lowest BCUT2D eigenvalue weighted by atomic mass is 10.2. The van der Waals surface area contributed by atoms with Gasteiger partial charge < -0.3 is 0 Å². The van der Waals surface area contributed by atoms with Crippen LogP contribution in [0, 0.1) is 21.4 Å². The van der Waals surface area contributed by atoms with Crippen LogP contribution in [-0.2, 0) is 15.8 Å². The van der Waals surface area contributed by atoms with Crippen molar-refractivity contribution in [2.75, 3.05) is 0 Å². The zero-order chi connectivity index (χ0) is 13.8. The lowest BCUT2D eigenvalue weighted by molar-refractivity contribution is -0.385. The molecule has 0 fully saturated rings. The topological polar surface area (TPSA) is 113 Å². The highest BCUT2D eigenvalue weighted by atomic mass is 32.2. The Bertz CT molecular complexity index is 591. The van der Waals surface area contributed by atoms with Gasteiger partial charge >= 0.3 is 0 Å². The van der Waals surface area contributed by atoms with Crippen LogP contribution in [0.5, 0.6) is 0 Å². The highest BCUT2D eigenvalue weighted by molar-refractivity contribution is 7.88. The summed E-state index contributed by atoms with van der Waals surface area (Å²) in [6, 6.07) is 6.42. The number of hydrogen-bond acceptors (Lipinski definition) is 5. The summed E-state index contributed by atoms with van der Waals surface area (Å²) in [6.45, 7) is 1.39. The summed E-state index contributed by atoms with van der Waals surface area (Å²) in [5.74, 6) is -0.532. The van der Waals surface area contributed by atoms with E-state index in [2.05, 4.69) is 4.72 Å². The van der Waals surface area contributed by atoms with E-state index in [4.69, 9.17) is 5.26 Å². The van der Waals surface area contributed by atoms with Crippen molar-refractivity contribution in [2.45, 2.75) is 18.7 Å². The fraction of sp³-hybridized carbons (Fsp3) is 0.300. The Kier molecular flexibility index (Phi) is 4.36. The number of nitro benzene ring substituents is 1. The molecule has 0 saturated carbocycles. The van der Waals surface area contributed by atoms with Crippen molar-refractivity contribution in [2.24, 2.45) is 0 Å². The number of nitrogens with zero attached hydrogens (tertiary/aromatic N) is 2. The van der Waals surface area contributed by atoms with E-state index in [1.54, 1.807) is 6.07 Å². The molecule has 18 heavy (non-hydrogen) atoms. The third-order valence-corrected chi connectivity index (χ3v) is 3.49. The fourth-order valence-electron chi connectivity index (χ4n) is 1.35. The number of hydrogen-bond donors (Lipinski definition) is 1. The molecular formula is C10H11N3O4S. The zero-order valence-electron chi connectivity index (χ0n) is 9.53. The second kappa shape index (κ2) is 5.57. The van der Waals surface area contributed by atoms with Crippen molar-refractivity contribution < 1.29 is 13.3 Å². The van der Waals surface area contributed by atoms with Gasteiger partial charge in [-0.1, -0.05) is 18.2 Å². The normalized spacial score (nSPS) is 12.7. The van der Waals surface area contributed by atoms with E-state index in [0.29, 0.717) is 0 Å². The Morgan fingerprint density at radius 3 is 2.67 bits per heavy atom. The summed E-state index contributed by atoms with van der Waals surface area (Å²) in [4.78, 5) is 10.1. The van der Waals surface area contributed by atoms with Gasteiger partial charge in [0.1, 0.15) is 6.04 Å². The summed E-state index contributed by atoms with van der Waals surface area (Å²) in [6.07, 6.45) is 0. The first-order valence-electron chi connectivity index (χ1n) is 4.97. The highest BCUT2D eigenvalue weighted by Gasteiger charge is 2.20. The minimum absolute atomic E-state index is 0.0835. The van der Waals surface area contributed by atoms with Crippen LogP contribution in [0.3, 0.4) is 0 Å². The number of benzene rings is 1. The predicted octanol–water partition coefficient (Wildman–Crippen LogP) is 0.926. The van der Waals surface area contributed by atoms with Gasteiger partial charge in [0.25, 0.3) is 5.69 Å². The second-order valence-electron chi connectivity index (χ2n) is 3.61. The van der Waals surface area contributed by atoms with Gasteiger partial charge in [0, 0.05) is 11.6 Å². The van der Waals surface area contributed by atoms with Crippen molar-refractivity contribution in [3.63, 3.8) is 0 Å². The van der Waals surface area contributed by atoms with E-state index >= 15 is 0 Å². The average Bonchev–Trinajstić information content (AvgIpc) is 2.28. The van der Waals surface area contributed by atoms with E-state index in [1.165, 1.54) is 31.2 Å². The molecule has 0 saturated heterocycles. The van der Waals surface area contributed by atoms with E-state index < -0.39 is 26.7 Å². The molecule has 96 valence electrons. The van der Waals surface area contributed by atoms with Crippen LogP contribution >= 0.6 is 0 Å². The first-order chi connectivity index (χ1) is 8.35. The summed E-state index contributed by atoms with van der Waals surface area (Å²) in [5.41, 5.74) is -0.173. The van der Waals surface area contributed by atoms with Crippen LogP contribution in [0.2, 0.25) is 0 Å². The summed E-state index contributed by atoms with van der Waals surface area (Å²) >= 11 is 0. The minimum atomic E-state index is -3.78. The van der Waals surface area contributed by atoms with Gasteiger partial charge in [-0.15, -0.1) is 0 Å².